The van der Waals surface area contributed by atoms with Crippen molar-refractivity contribution in [3.63, 3.8) is 0 Å². The van der Waals surface area contributed by atoms with Crippen molar-refractivity contribution < 1.29 is 9.53 Å². The Hall–Kier alpha value is -1.14. The number of nitrogens with zero attached hydrogens (tertiary/aromatic N) is 1. The maximum Gasteiger partial charge on any atom is 0.274 e. The Bertz CT molecular complexity index is 332. The molecule has 0 fully saturated rings. The summed E-state index contributed by atoms with van der Waals surface area (Å²) in [6.45, 7) is 1.60. The summed E-state index contributed by atoms with van der Waals surface area (Å²) >= 11 is 3.24. The Labute approximate surface area is 89.7 Å². The number of rotatable bonds is 3. The number of carbonyl (C=O) groups excluding carboxylic acids is 1. The molecule has 0 bridgehead atoms. The standard InChI is InChI=1S/C8H10BrN3O2/c1-5(8(13)12-10)14-7-2-6(9)3-11-4-7/h2-5H,10H2,1H3,(H,12,13). The Morgan fingerprint density at radius 2 is 2.43 bits per heavy atom. The third kappa shape index (κ3) is 2.97. The highest BCUT2D eigenvalue weighted by Gasteiger charge is 2.12. The van der Waals surface area contributed by atoms with Crippen LogP contribution in [0.5, 0.6) is 5.75 Å². The average molecular weight is 260 g/mol. The number of aromatic nitrogens is 1. The minimum absolute atomic E-state index is 0.384. The van der Waals surface area contributed by atoms with E-state index >= 15 is 0 Å². The van der Waals surface area contributed by atoms with E-state index < -0.39 is 6.10 Å². The molecular weight excluding hydrogens is 250 g/mol. The molecule has 5 nitrogen and oxygen atoms in total. The van der Waals surface area contributed by atoms with Crippen molar-refractivity contribution in [2.24, 2.45) is 5.84 Å². The van der Waals surface area contributed by atoms with Crippen molar-refractivity contribution >= 4 is 21.8 Å². The average Bonchev–Trinajstić information content (AvgIpc) is 2.16. The van der Waals surface area contributed by atoms with Gasteiger partial charge in [-0.05, 0) is 28.9 Å². The van der Waals surface area contributed by atoms with Gasteiger partial charge in [0.15, 0.2) is 6.10 Å². The van der Waals surface area contributed by atoms with Crippen LogP contribution in [-0.4, -0.2) is 17.0 Å². The molecule has 0 radical (unpaired) electrons. The molecule has 0 spiro atoms. The third-order valence-electron chi connectivity index (χ3n) is 1.50. The zero-order valence-electron chi connectivity index (χ0n) is 7.53. The van der Waals surface area contributed by atoms with Crippen molar-refractivity contribution in [3.05, 3.63) is 22.9 Å². The minimum Gasteiger partial charge on any atom is -0.479 e. The second-order valence-electron chi connectivity index (χ2n) is 2.61. The number of carbonyl (C=O) groups is 1. The van der Waals surface area contributed by atoms with Crippen molar-refractivity contribution in [2.45, 2.75) is 13.0 Å². The molecule has 0 aromatic carbocycles. The quantitative estimate of drug-likeness (QED) is 0.474. The molecular formula is C8H10BrN3O2. The van der Waals surface area contributed by atoms with Crippen LogP contribution in [0.4, 0.5) is 0 Å². The Morgan fingerprint density at radius 1 is 1.71 bits per heavy atom. The summed E-state index contributed by atoms with van der Waals surface area (Å²) < 4.78 is 6.05. The highest BCUT2D eigenvalue weighted by molar-refractivity contribution is 9.10. The van der Waals surface area contributed by atoms with Gasteiger partial charge in [0.25, 0.3) is 5.91 Å². The van der Waals surface area contributed by atoms with Crippen LogP contribution in [0.25, 0.3) is 0 Å². The Kier molecular flexibility index (Phi) is 3.84. The topological polar surface area (TPSA) is 77.2 Å². The largest absolute Gasteiger partial charge is 0.479 e. The van der Waals surface area contributed by atoms with Gasteiger partial charge < -0.3 is 4.74 Å². The lowest BCUT2D eigenvalue weighted by molar-refractivity contribution is -0.127. The molecule has 6 heteroatoms. The summed E-state index contributed by atoms with van der Waals surface area (Å²) in [5.41, 5.74) is 2.00. The van der Waals surface area contributed by atoms with E-state index in [0.29, 0.717) is 5.75 Å². The highest BCUT2D eigenvalue weighted by atomic mass is 79.9. The molecule has 14 heavy (non-hydrogen) atoms. The van der Waals surface area contributed by atoms with E-state index in [1.54, 1.807) is 19.2 Å². The van der Waals surface area contributed by atoms with E-state index in [1.807, 2.05) is 5.43 Å². The number of hydrogen-bond donors (Lipinski definition) is 2. The van der Waals surface area contributed by atoms with Gasteiger partial charge >= 0.3 is 0 Å². The molecule has 1 aromatic heterocycles. The van der Waals surface area contributed by atoms with E-state index in [0.717, 1.165) is 4.47 Å². The van der Waals surface area contributed by atoms with Crippen molar-refractivity contribution in [3.8, 4) is 5.75 Å². The second-order valence-corrected chi connectivity index (χ2v) is 3.52. The first-order chi connectivity index (χ1) is 6.63. The summed E-state index contributed by atoms with van der Waals surface area (Å²) in [6.07, 6.45) is 2.50. The number of amides is 1. The van der Waals surface area contributed by atoms with Crippen LogP contribution in [0.2, 0.25) is 0 Å². The zero-order chi connectivity index (χ0) is 10.6. The summed E-state index contributed by atoms with van der Waals surface area (Å²) in [5.74, 6) is 5.08. The number of pyridine rings is 1. The normalized spacial score (nSPS) is 11.9. The van der Waals surface area contributed by atoms with Gasteiger partial charge in [0.05, 0.1) is 6.20 Å². The molecule has 1 aromatic rings. The number of hydrazine groups is 1. The van der Waals surface area contributed by atoms with Crippen LogP contribution in [0.1, 0.15) is 6.92 Å². The molecule has 0 aliphatic carbocycles. The molecule has 0 aliphatic rings. The van der Waals surface area contributed by atoms with E-state index in [9.17, 15) is 4.79 Å². The van der Waals surface area contributed by atoms with Crippen molar-refractivity contribution in [1.82, 2.24) is 10.4 Å². The molecule has 1 heterocycles. The summed E-state index contributed by atoms with van der Waals surface area (Å²) in [7, 11) is 0. The lowest BCUT2D eigenvalue weighted by atomic mass is 10.4. The number of hydrogen-bond acceptors (Lipinski definition) is 4. The fraction of sp³-hybridized carbons (Fsp3) is 0.250. The van der Waals surface area contributed by atoms with Crippen molar-refractivity contribution in [1.29, 1.82) is 0 Å². The summed E-state index contributed by atoms with van der Waals surface area (Å²) in [5, 5.41) is 0. The number of nitrogens with two attached hydrogens (primary N) is 1. The molecule has 0 saturated heterocycles. The van der Waals surface area contributed by atoms with E-state index in [4.69, 9.17) is 10.6 Å². The minimum atomic E-state index is -0.643. The van der Waals surface area contributed by atoms with Crippen LogP contribution in [0.3, 0.4) is 0 Å². The predicted octanol–water partition coefficient (Wildman–Crippen LogP) is 0.601. The maximum absolute atomic E-state index is 11.0. The van der Waals surface area contributed by atoms with Gasteiger partial charge in [-0.2, -0.15) is 0 Å². The third-order valence-corrected chi connectivity index (χ3v) is 1.94. The zero-order valence-corrected chi connectivity index (χ0v) is 9.11. The lowest BCUT2D eigenvalue weighted by Crippen LogP contribution is -2.40. The molecule has 1 rings (SSSR count). The molecule has 0 saturated carbocycles. The molecule has 76 valence electrons. The van der Waals surface area contributed by atoms with E-state index in [-0.39, 0.29) is 5.91 Å². The maximum atomic E-state index is 11.0. The first kappa shape index (κ1) is 10.9. The van der Waals surface area contributed by atoms with Crippen LogP contribution in [0, 0.1) is 0 Å². The molecule has 1 unspecified atom stereocenters. The highest BCUT2D eigenvalue weighted by Crippen LogP contribution is 2.16. The monoisotopic (exact) mass is 259 g/mol. The first-order valence-electron chi connectivity index (χ1n) is 3.91. The van der Waals surface area contributed by atoms with Gasteiger partial charge in [0.2, 0.25) is 0 Å². The van der Waals surface area contributed by atoms with Crippen LogP contribution in [0.15, 0.2) is 22.9 Å². The van der Waals surface area contributed by atoms with Gasteiger partial charge in [0, 0.05) is 10.7 Å². The lowest BCUT2D eigenvalue weighted by Gasteiger charge is -2.12. The fourth-order valence-electron chi connectivity index (χ4n) is 0.832. The van der Waals surface area contributed by atoms with Crippen molar-refractivity contribution in [2.75, 3.05) is 0 Å². The Balaban J connectivity index is 2.64. The Morgan fingerprint density at radius 3 is 3.00 bits per heavy atom. The summed E-state index contributed by atoms with van der Waals surface area (Å²) in [6, 6.07) is 1.72. The van der Waals surface area contributed by atoms with Gasteiger partial charge in [-0.25, -0.2) is 5.84 Å². The number of ether oxygens (including phenoxy) is 1. The van der Waals surface area contributed by atoms with E-state index in [1.165, 1.54) is 6.20 Å². The molecule has 1 amide bonds. The van der Waals surface area contributed by atoms with E-state index in [2.05, 4.69) is 20.9 Å². The van der Waals surface area contributed by atoms with Gasteiger partial charge in [0.1, 0.15) is 5.75 Å². The molecule has 0 aliphatic heterocycles. The van der Waals surface area contributed by atoms with Gasteiger partial charge in [-0.1, -0.05) is 0 Å². The number of nitrogens with one attached hydrogen (secondary N) is 1. The van der Waals surface area contributed by atoms with Crippen LogP contribution in [-0.2, 0) is 4.79 Å². The van der Waals surface area contributed by atoms with Crippen LogP contribution >= 0.6 is 15.9 Å². The molecule has 3 N–H and O–H groups in total. The predicted molar refractivity (Wildman–Crippen MR) is 54.4 cm³/mol. The smallest absolute Gasteiger partial charge is 0.274 e. The molecule has 1 atom stereocenters. The van der Waals surface area contributed by atoms with Crippen LogP contribution < -0.4 is 16.0 Å². The van der Waals surface area contributed by atoms with Gasteiger partial charge in [-0.15, -0.1) is 0 Å². The SMILES string of the molecule is CC(Oc1cncc(Br)c1)C(=O)NN. The summed E-state index contributed by atoms with van der Waals surface area (Å²) in [4.78, 5) is 14.9. The first-order valence-corrected chi connectivity index (χ1v) is 4.70. The number of halogens is 1. The van der Waals surface area contributed by atoms with Gasteiger partial charge in [-0.3, -0.25) is 15.2 Å². The second kappa shape index (κ2) is 4.92. The fourth-order valence-corrected chi connectivity index (χ4v) is 1.18.